The van der Waals surface area contributed by atoms with E-state index in [0.29, 0.717) is 13.0 Å². The molecule has 1 unspecified atom stereocenters. The summed E-state index contributed by atoms with van der Waals surface area (Å²) >= 11 is 0. The SMILES string of the molecule is CN(C)C(CNS(=O)(=O)CCc1ccccc1)c1ccccc1. The molecule has 4 nitrogen and oxygen atoms in total. The van der Waals surface area contributed by atoms with Crippen molar-refractivity contribution in [2.45, 2.75) is 12.5 Å². The third kappa shape index (κ3) is 5.78. The minimum Gasteiger partial charge on any atom is -0.301 e. The van der Waals surface area contributed by atoms with Crippen molar-refractivity contribution >= 4 is 10.0 Å². The Kier molecular flexibility index (Phi) is 6.33. The smallest absolute Gasteiger partial charge is 0.211 e. The van der Waals surface area contributed by atoms with Crippen LogP contribution in [0.25, 0.3) is 0 Å². The molecular weight excluding hydrogens is 308 g/mol. The monoisotopic (exact) mass is 332 g/mol. The van der Waals surface area contributed by atoms with Crippen molar-refractivity contribution in [3.8, 4) is 0 Å². The van der Waals surface area contributed by atoms with Crippen molar-refractivity contribution in [1.29, 1.82) is 0 Å². The Morgan fingerprint density at radius 2 is 1.52 bits per heavy atom. The zero-order chi connectivity index (χ0) is 16.7. The van der Waals surface area contributed by atoms with Gasteiger partial charge >= 0.3 is 0 Å². The summed E-state index contributed by atoms with van der Waals surface area (Å²) < 4.78 is 27.2. The van der Waals surface area contributed by atoms with E-state index in [1.807, 2.05) is 79.7 Å². The summed E-state index contributed by atoms with van der Waals surface area (Å²) in [5.41, 5.74) is 2.13. The molecule has 0 aliphatic rings. The molecule has 2 rings (SSSR count). The fraction of sp³-hybridized carbons (Fsp3) is 0.333. The number of hydrogen-bond donors (Lipinski definition) is 1. The first-order valence-corrected chi connectivity index (χ1v) is 9.36. The van der Waals surface area contributed by atoms with Gasteiger partial charge in [0, 0.05) is 12.6 Å². The van der Waals surface area contributed by atoms with E-state index in [9.17, 15) is 8.42 Å². The van der Waals surface area contributed by atoms with Crippen molar-refractivity contribution in [2.75, 3.05) is 26.4 Å². The lowest BCUT2D eigenvalue weighted by Gasteiger charge is -2.25. The topological polar surface area (TPSA) is 49.4 Å². The quantitative estimate of drug-likeness (QED) is 0.808. The molecule has 0 bridgehead atoms. The molecule has 0 saturated carbocycles. The van der Waals surface area contributed by atoms with Crippen LogP contribution in [0.15, 0.2) is 60.7 Å². The molecule has 1 N–H and O–H groups in total. The average Bonchev–Trinajstić information content (AvgIpc) is 2.55. The second kappa shape index (κ2) is 8.24. The minimum absolute atomic E-state index is 0.0164. The first-order chi connectivity index (χ1) is 11.0. The van der Waals surface area contributed by atoms with Gasteiger partial charge in [0.05, 0.1) is 5.75 Å². The molecule has 0 aliphatic carbocycles. The van der Waals surface area contributed by atoms with E-state index >= 15 is 0 Å². The maximum Gasteiger partial charge on any atom is 0.211 e. The highest BCUT2D eigenvalue weighted by Crippen LogP contribution is 2.17. The van der Waals surface area contributed by atoms with Crippen LogP contribution >= 0.6 is 0 Å². The summed E-state index contributed by atoms with van der Waals surface area (Å²) in [4.78, 5) is 2.02. The molecule has 1 atom stereocenters. The van der Waals surface area contributed by atoms with E-state index in [1.54, 1.807) is 0 Å². The molecule has 0 aromatic heterocycles. The second-order valence-electron chi connectivity index (χ2n) is 5.79. The Morgan fingerprint density at radius 1 is 0.957 bits per heavy atom. The Morgan fingerprint density at radius 3 is 2.09 bits per heavy atom. The molecule has 0 amide bonds. The number of likely N-dealkylation sites (N-methyl/N-ethyl adjacent to an activating group) is 1. The van der Waals surface area contributed by atoms with Crippen LogP contribution in [-0.2, 0) is 16.4 Å². The Bertz CT molecular complexity index is 685. The summed E-state index contributed by atoms with van der Waals surface area (Å²) in [6.45, 7) is 0.369. The number of aryl methyl sites for hydroxylation is 1. The highest BCUT2D eigenvalue weighted by molar-refractivity contribution is 7.89. The maximum atomic E-state index is 12.2. The Hall–Kier alpha value is -1.69. The van der Waals surface area contributed by atoms with E-state index in [1.165, 1.54) is 0 Å². The maximum absolute atomic E-state index is 12.2. The molecule has 2 aromatic carbocycles. The minimum atomic E-state index is -3.29. The highest BCUT2D eigenvalue weighted by Gasteiger charge is 2.17. The summed E-state index contributed by atoms with van der Waals surface area (Å²) in [6, 6.07) is 19.6. The fourth-order valence-electron chi connectivity index (χ4n) is 2.45. The largest absolute Gasteiger partial charge is 0.301 e. The summed E-state index contributed by atoms with van der Waals surface area (Å²) in [5.74, 6) is 0.103. The van der Waals surface area contributed by atoms with E-state index < -0.39 is 10.0 Å². The van der Waals surface area contributed by atoms with Crippen LogP contribution in [0.1, 0.15) is 17.2 Å². The Balaban J connectivity index is 1.94. The van der Waals surface area contributed by atoms with Crippen LogP contribution in [0.5, 0.6) is 0 Å². The van der Waals surface area contributed by atoms with Crippen molar-refractivity contribution in [3.63, 3.8) is 0 Å². The van der Waals surface area contributed by atoms with Crippen LogP contribution in [0.3, 0.4) is 0 Å². The second-order valence-corrected chi connectivity index (χ2v) is 7.72. The third-order valence-corrected chi connectivity index (χ3v) is 5.15. The zero-order valence-corrected chi connectivity index (χ0v) is 14.5. The Labute approximate surface area is 139 Å². The van der Waals surface area contributed by atoms with Crippen LogP contribution in [0.2, 0.25) is 0 Å². The number of hydrogen-bond acceptors (Lipinski definition) is 3. The number of rotatable bonds is 8. The lowest BCUT2D eigenvalue weighted by Crippen LogP contribution is -2.36. The summed E-state index contributed by atoms with van der Waals surface area (Å²) in [5, 5.41) is 0. The van der Waals surface area contributed by atoms with Gasteiger partial charge in [-0.15, -0.1) is 0 Å². The average molecular weight is 332 g/mol. The van der Waals surface area contributed by atoms with Gasteiger partial charge in [0.15, 0.2) is 0 Å². The molecule has 124 valence electrons. The molecule has 0 saturated heterocycles. The fourth-order valence-corrected chi connectivity index (χ4v) is 3.51. The highest BCUT2D eigenvalue weighted by atomic mass is 32.2. The molecule has 0 aliphatic heterocycles. The zero-order valence-electron chi connectivity index (χ0n) is 13.6. The molecule has 0 fully saturated rings. The first kappa shape index (κ1) is 17.7. The van der Waals surface area contributed by atoms with Crippen molar-refractivity contribution in [1.82, 2.24) is 9.62 Å². The van der Waals surface area contributed by atoms with Gasteiger partial charge in [0.1, 0.15) is 0 Å². The van der Waals surface area contributed by atoms with Crippen LogP contribution in [-0.4, -0.2) is 39.7 Å². The van der Waals surface area contributed by atoms with E-state index in [4.69, 9.17) is 0 Å². The van der Waals surface area contributed by atoms with E-state index in [0.717, 1.165) is 11.1 Å². The summed E-state index contributed by atoms with van der Waals surface area (Å²) in [7, 11) is 0.616. The van der Waals surface area contributed by atoms with Crippen LogP contribution in [0.4, 0.5) is 0 Å². The van der Waals surface area contributed by atoms with Gasteiger partial charge in [0.2, 0.25) is 10.0 Å². The lowest BCUT2D eigenvalue weighted by molar-refractivity contribution is 0.299. The predicted molar refractivity (Wildman–Crippen MR) is 94.8 cm³/mol. The van der Waals surface area contributed by atoms with Gasteiger partial charge < -0.3 is 4.90 Å². The summed E-state index contributed by atoms with van der Waals surface area (Å²) in [6.07, 6.45) is 0.522. The molecule has 0 heterocycles. The van der Waals surface area contributed by atoms with Gasteiger partial charge in [0.25, 0.3) is 0 Å². The van der Waals surface area contributed by atoms with Gasteiger partial charge in [-0.1, -0.05) is 60.7 Å². The first-order valence-electron chi connectivity index (χ1n) is 7.70. The van der Waals surface area contributed by atoms with Gasteiger partial charge in [-0.05, 0) is 31.6 Å². The number of nitrogens with zero attached hydrogens (tertiary/aromatic N) is 1. The predicted octanol–water partition coefficient (Wildman–Crippen LogP) is 2.45. The van der Waals surface area contributed by atoms with Gasteiger partial charge in [-0.3, -0.25) is 0 Å². The molecule has 0 spiro atoms. The molecule has 0 radical (unpaired) electrons. The number of nitrogens with one attached hydrogen (secondary N) is 1. The van der Waals surface area contributed by atoms with Crippen molar-refractivity contribution in [3.05, 3.63) is 71.8 Å². The van der Waals surface area contributed by atoms with Gasteiger partial charge in [-0.2, -0.15) is 0 Å². The molecular formula is C18H24N2O2S. The number of benzene rings is 2. The van der Waals surface area contributed by atoms with Crippen molar-refractivity contribution in [2.24, 2.45) is 0 Å². The van der Waals surface area contributed by atoms with Crippen LogP contribution in [0, 0.1) is 0 Å². The third-order valence-electron chi connectivity index (χ3n) is 3.81. The molecule has 5 heteroatoms. The molecule has 23 heavy (non-hydrogen) atoms. The van der Waals surface area contributed by atoms with E-state index in [-0.39, 0.29) is 11.8 Å². The standard InChI is InChI=1S/C18H24N2O2S/c1-20(2)18(17-11-7-4-8-12-17)15-19-23(21,22)14-13-16-9-5-3-6-10-16/h3-12,18-19H,13-15H2,1-2H3. The lowest BCUT2D eigenvalue weighted by atomic mass is 10.1. The van der Waals surface area contributed by atoms with Crippen LogP contribution < -0.4 is 4.72 Å². The molecule has 2 aromatic rings. The van der Waals surface area contributed by atoms with Crippen molar-refractivity contribution < 1.29 is 8.42 Å². The van der Waals surface area contributed by atoms with E-state index in [2.05, 4.69) is 4.72 Å². The normalized spacial score (nSPS) is 13.2. The number of sulfonamides is 1. The van der Waals surface area contributed by atoms with Gasteiger partial charge in [-0.25, -0.2) is 13.1 Å².